The average molecular weight is 464 g/mol. The highest BCUT2D eigenvalue weighted by molar-refractivity contribution is 7.92. The van der Waals surface area contributed by atoms with Gasteiger partial charge in [-0.1, -0.05) is 29.8 Å². The first-order valence-corrected chi connectivity index (χ1v) is 11.8. The molecule has 2 aromatic carbocycles. The van der Waals surface area contributed by atoms with E-state index in [-0.39, 0.29) is 0 Å². The van der Waals surface area contributed by atoms with Crippen LogP contribution in [0.15, 0.2) is 70.8 Å². The maximum atomic E-state index is 12.9. The summed E-state index contributed by atoms with van der Waals surface area (Å²) >= 11 is 0. The Labute approximate surface area is 194 Å². The van der Waals surface area contributed by atoms with Crippen molar-refractivity contribution in [3.63, 3.8) is 0 Å². The van der Waals surface area contributed by atoms with E-state index in [1.54, 1.807) is 38.1 Å². The highest BCUT2D eigenvalue weighted by Crippen LogP contribution is 2.24. The lowest BCUT2D eigenvalue weighted by atomic mass is 10.1. The van der Waals surface area contributed by atoms with Gasteiger partial charge in [0.1, 0.15) is 7.05 Å². The van der Waals surface area contributed by atoms with Gasteiger partial charge in [-0.2, -0.15) is 5.26 Å². The van der Waals surface area contributed by atoms with Crippen LogP contribution in [0.25, 0.3) is 0 Å². The summed E-state index contributed by atoms with van der Waals surface area (Å²) in [5, 5.41) is 14.6. The maximum Gasteiger partial charge on any atom is 0.262 e. The Morgan fingerprint density at radius 2 is 1.61 bits per heavy atom. The van der Waals surface area contributed by atoms with Gasteiger partial charge in [-0.15, -0.1) is 0 Å². The van der Waals surface area contributed by atoms with Crippen LogP contribution in [0.2, 0.25) is 0 Å². The predicted octanol–water partition coefficient (Wildman–Crippen LogP) is 3.28. The molecule has 0 saturated heterocycles. The van der Waals surface area contributed by atoms with Crippen LogP contribution in [-0.4, -0.2) is 14.4 Å². The molecule has 0 fully saturated rings. The molecule has 3 rings (SSSR count). The average Bonchev–Trinajstić information content (AvgIpc) is 2.73. The predicted molar refractivity (Wildman–Crippen MR) is 129 cm³/mol. The number of aliphatic imine (C=N–C) groups is 1. The molecule has 33 heavy (non-hydrogen) atoms. The number of guanidine groups is 1. The van der Waals surface area contributed by atoms with Gasteiger partial charge in [0.25, 0.3) is 10.0 Å². The van der Waals surface area contributed by atoms with Gasteiger partial charge in [-0.05, 0) is 49.6 Å². The normalized spacial score (nSPS) is 11.5. The number of nitrogens with one attached hydrogen (secondary N) is 3. The van der Waals surface area contributed by atoms with Crippen molar-refractivity contribution in [1.82, 2.24) is 5.32 Å². The van der Waals surface area contributed by atoms with Gasteiger partial charge in [-0.3, -0.25) is 10.0 Å². The van der Waals surface area contributed by atoms with Crippen molar-refractivity contribution >= 4 is 27.4 Å². The molecular weight excluding hydrogens is 436 g/mol. The first-order chi connectivity index (χ1) is 15.7. The van der Waals surface area contributed by atoms with E-state index in [0.717, 1.165) is 16.8 Å². The van der Waals surface area contributed by atoms with Crippen molar-refractivity contribution in [2.75, 3.05) is 10.0 Å². The van der Waals surface area contributed by atoms with Crippen molar-refractivity contribution in [2.45, 2.75) is 32.2 Å². The molecule has 1 aromatic heterocycles. The third kappa shape index (κ3) is 6.30. The quantitative estimate of drug-likeness (QED) is 0.171. The second-order valence-corrected chi connectivity index (χ2v) is 9.43. The Bertz CT molecular complexity index is 1290. The van der Waals surface area contributed by atoms with Gasteiger partial charge >= 0.3 is 0 Å². The van der Waals surface area contributed by atoms with Crippen molar-refractivity contribution in [1.29, 1.82) is 5.26 Å². The molecule has 0 aliphatic rings. The maximum absolute atomic E-state index is 12.9. The van der Waals surface area contributed by atoms with E-state index >= 15 is 0 Å². The number of benzene rings is 2. The fourth-order valence-corrected chi connectivity index (χ4v) is 5.04. The zero-order valence-electron chi connectivity index (χ0n) is 19.0. The Kier molecular flexibility index (Phi) is 7.30. The molecule has 9 heteroatoms. The smallest absolute Gasteiger partial charge is 0.262 e. The highest BCUT2D eigenvalue weighted by atomic mass is 32.2. The van der Waals surface area contributed by atoms with E-state index in [1.807, 2.05) is 61.4 Å². The van der Waals surface area contributed by atoms with Crippen LogP contribution in [0.3, 0.4) is 0 Å². The van der Waals surface area contributed by atoms with E-state index in [2.05, 4.69) is 20.3 Å². The number of rotatable bonds is 6. The highest BCUT2D eigenvalue weighted by Gasteiger charge is 2.20. The van der Waals surface area contributed by atoms with Crippen LogP contribution in [0.4, 0.5) is 11.4 Å². The number of pyridine rings is 1. The molecule has 1 heterocycles. The zero-order valence-corrected chi connectivity index (χ0v) is 19.9. The minimum Gasteiger partial charge on any atom is -0.325 e. The summed E-state index contributed by atoms with van der Waals surface area (Å²) in [5.41, 5.74) is 4.56. The second-order valence-electron chi connectivity index (χ2n) is 7.81. The van der Waals surface area contributed by atoms with Gasteiger partial charge in [0.05, 0.1) is 17.1 Å². The monoisotopic (exact) mass is 463 g/mol. The summed E-state index contributed by atoms with van der Waals surface area (Å²) in [7, 11) is -1.79. The summed E-state index contributed by atoms with van der Waals surface area (Å²) in [4.78, 5) is 4.71. The van der Waals surface area contributed by atoms with E-state index < -0.39 is 10.0 Å². The van der Waals surface area contributed by atoms with E-state index in [0.29, 0.717) is 34.2 Å². The Morgan fingerprint density at radius 1 is 1.00 bits per heavy atom. The minimum absolute atomic E-state index is 0.301. The first kappa shape index (κ1) is 23.8. The molecule has 0 spiro atoms. The molecule has 0 bridgehead atoms. The van der Waals surface area contributed by atoms with Crippen LogP contribution >= 0.6 is 0 Å². The number of nitriles is 1. The number of hydrogen-bond donors (Lipinski definition) is 3. The summed E-state index contributed by atoms with van der Waals surface area (Å²) in [5.74, 6) is 0.321. The first-order valence-electron chi connectivity index (χ1n) is 10.3. The second kappa shape index (κ2) is 10.1. The Morgan fingerprint density at radius 3 is 2.18 bits per heavy atom. The molecule has 3 N–H and O–H groups in total. The number of sulfonamides is 1. The molecule has 0 radical (unpaired) electrons. The van der Waals surface area contributed by atoms with Crippen LogP contribution in [0.1, 0.15) is 22.3 Å². The van der Waals surface area contributed by atoms with Crippen LogP contribution in [0.5, 0.6) is 0 Å². The van der Waals surface area contributed by atoms with E-state index in [1.165, 1.54) is 0 Å². The topological polar surface area (TPSA) is 110 Å². The molecule has 8 nitrogen and oxygen atoms in total. The zero-order chi connectivity index (χ0) is 24.0. The van der Waals surface area contributed by atoms with Gasteiger partial charge < -0.3 is 5.32 Å². The van der Waals surface area contributed by atoms with Crippen LogP contribution in [-0.2, 0) is 23.6 Å². The molecule has 0 amide bonds. The minimum atomic E-state index is -3.71. The fourth-order valence-electron chi connectivity index (χ4n) is 3.53. The Hall–Kier alpha value is -3.90. The van der Waals surface area contributed by atoms with Crippen LogP contribution in [0, 0.1) is 32.2 Å². The van der Waals surface area contributed by atoms with E-state index in [9.17, 15) is 8.42 Å². The molecule has 0 saturated carbocycles. The molecule has 0 aliphatic heterocycles. The fraction of sp³-hybridized carbons (Fsp3) is 0.208. The summed E-state index contributed by atoms with van der Waals surface area (Å²) in [6, 6.07) is 14.4. The standard InChI is InChI=1S/C24H26N6O2S/c1-17-13-18(2)23(19(3)14-17)33(31,32)29-22-7-5-20(6-8-22)15-26-24(27-16-25)28-21-9-11-30(4)12-10-21/h5-14,29H,15H2,1-4H3,(H,26,27)/p+1. The molecule has 0 unspecified atom stereocenters. The van der Waals surface area contributed by atoms with Crippen molar-refractivity contribution < 1.29 is 13.0 Å². The molecular formula is C24H27N6O2S+. The molecule has 170 valence electrons. The number of aryl methyl sites for hydroxylation is 4. The Balaban J connectivity index is 1.71. The summed E-state index contributed by atoms with van der Waals surface area (Å²) in [6.45, 7) is 5.84. The molecule has 0 aliphatic carbocycles. The van der Waals surface area contributed by atoms with Gasteiger partial charge in [0, 0.05) is 17.8 Å². The van der Waals surface area contributed by atoms with E-state index in [4.69, 9.17) is 5.26 Å². The number of aromatic nitrogens is 1. The van der Waals surface area contributed by atoms with Gasteiger partial charge in [0.2, 0.25) is 5.96 Å². The number of hydrogen-bond acceptors (Lipinski definition) is 4. The van der Waals surface area contributed by atoms with Crippen molar-refractivity contribution in [3.05, 3.63) is 83.2 Å². The molecule has 0 atom stereocenters. The number of nitrogens with zero attached hydrogens (tertiary/aromatic N) is 3. The molecule has 3 aromatic rings. The van der Waals surface area contributed by atoms with Crippen LogP contribution < -0.4 is 19.9 Å². The third-order valence-electron chi connectivity index (χ3n) is 4.91. The lowest BCUT2D eigenvalue weighted by molar-refractivity contribution is -0.671. The SMILES string of the molecule is Cc1cc(C)c(S(=O)(=O)Nc2ccc(CN=C(NC#N)Nc3cc[n+](C)cc3)cc2)c(C)c1. The summed E-state index contributed by atoms with van der Waals surface area (Å²) in [6.07, 6.45) is 5.63. The third-order valence-corrected chi connectivity index (χ3v) is 6.60. The number of anilines is 2. The van der Waals surface area contributed by atoms with Crippen molar-refractivity contribution in [3.8, 4) is 6.19 Å². The van der Waals surface area contributed by atoms with Gasteiger partial charge in [0.15, 0.2) is 18.6 Å². The lowest BCUT2D eigenvalue weighted by Gasteiger charge is -2.14. The largest absolute Gasteiger partial charge is 0.325 e. The van der Waals surface area contributed by atoms with Crippen molar-refractivity contribution in [2.24, 2.45) is 12.0 Å². The lowest BCUT2D eigenvalue weighted by Crippen LogP contribution is -2.29. The summed E-state index contributed by atoms with van der Waals surface area (Å²) < 4.78 is 30.4. The van der Waals surface area contributed by atoms with Gasteiger partial charge in [-0.25, -0.2) is 18.0 Å².